The van der Waals surface area contributed by atoms with Gasteiger partial charge in [-0.2, -0.15) is 0 Å². The third-order valence-corrected chi connectivity index (χ3v) is 5.35. The standard InChI is InChI=1S/C25H34ClN3O2/c1-18(19-10-8-7-9-11-19)29(24(31)25(2,3)4)17-20-16-21(27-23(30)14-15-26)12-13-22(20)28(5)6/h7-13,16,18H,14-15,17H2,1-6H3,(H,27,30)/t18-/m1/s1. The molecule has 0 spiro atoms. The van der Waals surface area contributed by atoms with Crippen LogP contribution < -0.4 is 10.2 Å². The van der Waals surface area contributed by atoms with Crippen LogP contribution in [0.25, 0.3) is 0 Å². The summed E-state index contributed by atoms with van der Waals surface area (Å²) in [5, 5.41) is 2.90. The molecule has 0 fully saturated rings. The number of hydrogen-bond acceptors (Lipinski definition) is 3. The maximum atomic E-state index is 13.4. The number of alkyl halides is 1. The lowest BCUT2D eigenvalue weighted by Crippen LogP contribution is -2.40. The van der Waals surface area contributed by atoms with Gasteiger partial charge >= 0.3 is 0 Å². The minimum absolute atomic E-state index is 0.0742. The summed E-state index contributed by atoms with van der Waals surface area (Å²) in [6.07, 6.45) is 0.256. The van der Waals surface area contributed by atoms with Crippen LogP contribution in [0.5, 0.6) is 0 Å². The zero-order chi connectivity index (χ0) is 23.2. The zero-order valence-electron chi connectivity index (χ0n) is 19.4. The maximum absolute atomic E-state index is 13.4. The number of carbonyl (C=O) groups excluding carboxylic acids is 2. The molecular formula is C25H34ClN3O2. The number of amides is 2. The summed E-state index contributed by atoms with van der Waals surface area (Å²) in [5.41, 5.74) is 3.23. The van der Waals surface area contributed by atoms with Gasteiger partial charge < -0.3 is 15.1 Å². The van der Waals surface area contributed by atoms with Crippen LogP contribution in [0.3, 0.4) is 0 Å². The van der Waals surface area contributed by atoms with Gasteiger partial charge in [0.1, 0.15) is 0 Å². The average Bonchev–Trinajstić information content (AvgIpc) is 2.71. The predicted octanol–water partition coefficient (Wildman–Crippen LogP) is 5.46. The first-order valence-corrected chi connectivity index (χ1v) is 11.1. The smallest absolute Gasteiger partial charge is 0.228 e. The van der Waals surface area contributed by atoms with Gasteiger partial charge in [0.25, 0.3) is 0 Å². The highest BCUT2D eigenvalue weighted by Gasteiger charge is 2.31. The Morgan fingerprint density at radius 2 is 1.71 bits per heavy atom. The summed E-state index contributed by atoms with van der Waals surface area (Å²) in [6, 6.07) is 15.7. The highest BCUT2D eigenvalue weighted by molar-refractivity contribution is 6.19. The molecule has 0 aliphatic heterocycles. The molecular weight excluding hydrogens is 410 g/mol. The van der Waals surface area contributed by atoms with E-state index in [1.54, 1.807) is 0 Å². The van der Waals surface area contributed by atoms with Crippen molar-refractivity contribution in [3.63, 3.8) is 0 Å². The second kappa shape index (κ2) is 10.7. The number of carbonyl (C=O) groups is 2. The molecule has 5 nitrogen and oxygen atoms in total. The molecule has 0 bridgehead atoms. The third-order valence-electron chi connectivity index (χ3n) is 5.16. The van der Waals surface area contributed by atoms with Crippen LogP contribution in [0.1, 0.15) is 51.3 Å². The average molecular weight is 444 g/mol. The van der Waals surface area contributed by atoms with Gasteiger partial charge in [0.2, 0.25) is 11.8 Å². The van der Waals surface area contributed by atoms with Crippen molar-refractivity contribution in [1.29, 1.82) is 0 Å². The van der Waals surface area contributed by atoms with Crippen molar-refractivity contribution in [1.82, 2.24) is 4.90 Å². The highest BCUT2D eigenvalue weighted by Crippen LogP contribution is 2.32. The van der Waals surface area contributed by atoms with Crippen molar-refractivity contribution in [2.75, 3.05) is 30.2 Å². The van der Waals surface area contributed by atoms with Gasteiger partial charge in [-0.25, -0.2) is 0 Å². The minimum atomic E-state index is -0.520. The van der Waals surface area contributed by atoms with Crippen molar-refractivity contribution < 1.29 is 9.59 Å². The number of halogens is 1. The van der Waals surface area contributed by atoms with E-state index in [1.807, 2.05) is 93.2 Å². The van der Waals surface area contributed by atoms with Crippen LogP contribution in [-0.4, -0.2) is 36.7 Å². The van der Waals surface area contributed by atoms with E-state index in [0.29, 0.717) is 12.2 Å². The normalized spacial score (nSPS) is 12.2. The molecule has 0 unspecified atom stereocenters. The van der Waals surface area contributed by atoms with E-state index in [4.69, 9.17) is 11.6 Å². The molecule has 0 saturated heterocycles. The largest absolute Gasteiger partial charge is 0.377 e. The van der Waals surface area contributed by atoms with E-state index in [9.17, 15) is 9.59 Å². The lowest BCUT2D eigenvalue weighted by Gasteiger charge is -2.35. The van der Waals surface area contributed by atoms with E-state index in [0.717, 1.165) is 16.8 Å². The molecule has 168 valence electrons. The van der Waals surface area contributed by atoms with Gasteiger partial charge in [-0.15, -0.1) is 11.6 Å². The third kappa shape index (κ3) is 6.73. The molecule has 2 aromatic rings. The van der Waals surface area contributed by atoms with E-state index < -0.39 is 5.41 Å². The molecule has 6 heteroatoms. The highest BCUT2D eigenvalue weighted by atomic mass is 35.5. The van der Waals surface area contributed by atoms with Gasteiger partial charge in [0.05, 0.1) is 6.04 Å². The fourth-order valence-electron chi connectivity index (χ4n) is 3.45. The van der Waals surface area contributed by atoms with Crippen LogP contribution in [0.2, 0.25) is 0 Å². The number of hydrogen-bond donors (Lipinski definition) is 1. The summed E-state index contributed by atoms with van der Waals surface area (Å²) in [4.78, 5) is 29.4. The number of anilines is 2. The minimum Gasteiger partial charge on any atom is -0.377 e. The molecule has 0 saturated carbocycles. The molecule has 1 N–H and O–H groups in total. The predicted molar refractivity (Wildman–Crippen MR) is 130 cm³/mol. The Balaban J connectivity index is 2.46. The summed E-state index contributed by atoms with van der Waals surface area (Å²) >= 11 is 5.69. The first-order chi connectivity index (χ1) is 14.5. The Labute approximate surface area is 191 Å². The summed E-state index contributed by atoms with van der Waals surface area (Å²) in [6.45, 7) is 8.31. The van der Waals surface area contributed by atoms with Crippen LogP contribution in [0, 0.1) is 5.41 Å². The maximum Gasteiger partial charge on any atom is 0.228 e. The topological polar surface area (TPSA) is 52.7 Å². The Morgan fingerprint density at radius 3 is 2.26 bits per heavy atom. The lowest BCUT2D eigenvalue weighted by molar-refractivity contribution is -0.142. The Morgan fingerprint density at radius 1 is 1.06 bits per heavy atom. The summed E-state index contributed by atoms with van der Waals surface area (Å²) in [7, 11) is 3.95. The number of nitrogens with one attached hydrogen (secondary N) is 1. The van der Waals surface area contributed by atoms with Crippen molar-refractivity contribution in [2.24, 2.45) is 5.41 Å². The number of benzene rings is 2. The lowest BCUT2D eigenvalue weighted by atomic mass is 9.92. The van der Waals surface area contributed by atoms with Gasteiger partial charge in [0, 0.05) is 49.7 Å². The molecule has 0 aliphatic rings. The molecule has 2 amide bonds. The fraction of sp³-hybridized carbons (Fsp3) is 0.440. The Kier molecular flexibility index (Phi) is 8.52. The van der Waals surface area contributed by atoms with Crippen molar-refractivity contribution in [3.05, 3.63) is 59.7 Å². The van der Waals surface area contributed by atoms with E-state index in [2.05, 4.69) is 12.2 Å². The Bertz CT molecular complexity index is 891. The number of nitrogens with zero attached hydrogens (tertiary/aromatic N) is 2. The molecule has 0 heterocycles. The molecule has 1 atom stereocenters. The van der Waals surface area contributed by atoms with Gasteiger partial charge in [-0.1, -0.05) is 51.1 Å². The van der Waals surface area contributed by atoms with Crippen molar-refractivity contribution >= 4 is 34.8 Å². The molecule has 0 radical (unpaired) electrons. The van der Waals surface area contributed by atoms with Crippen LogP contribution in [-0.2, 0) is 16.1 Å². The molecule has 2 aromatic carbocycles. The number of rotatable bonds is 8. The van der Waals surface area contributed by atoms with Crippen LogP contribution >= 0.6 is 11.6 Å². The van der Waals surface area contributed by atoms with E-state index in [1.165, 1.54) is 0 Å². The molecule has 0 aliphatic carbocycles. The van der Waals surface area contributed by atoms with Crippen LogP contribution in [0.4, 0.5) is 11.4 Å². The zero-order valence-corrected chi connectivity index (χ0v) is 20.2. The molecule has 31 heavy (non-hydrogen) atoms. The second-order valence-electron chi connectivity index (χ2n) is 8.99. The van der Waals surface area contributed by atoms with Gasteiger partial charge in [-0.05, 0) is 36.2 Å². The van der Waals surface area contributed by atoms with Crippen LogP contribution in [0.15, 0.2) is 48.5 Å². The molecule has 2 rings (SSSR count). The van der Waals surface area contributed by atoms with E-state index >= 15 is 0 Å². The van der Waals surface area contributed by atoms with Gasteiger partial charge in [-0.3, -0.25) is 9.59 Å². The fourth-order valence-corrected chi connectivity index (χ4v) is 3.62. The first kappa shape index (κ1) is 24.7. The monoisotopic (exact) mass is 443 g/mol. The quantitative estimate of drug-likeness (QED) is 0.551. The SMILES string of the molecule is C[C@H](c1ccccc1)N(Cc1cc(NC(=O)CCCl)ccc1N(C)C)C(=O)C(C)(C)C. The second-order valence-corrected chi connectivity index (χ2v) is 9.37. The van der Waals surface area contributed by atoms with Crippen molar-refractivity contribution in [2.45, 2.75) is 46.7 Å². The van der Waals surface area contributed by atoms with Crippen molar-refractivity contribution in [3.8, 4) is 0 Å². The summed E-state index contributed by atoms with van der Waals surface area (Å²) in [5.74, 6) is 0.223. The molecule has 0 aromatic heterocycles. The van der Waals surface area contributed by atoms with E-state index in [-0.39, 0.29) is 30.2 Å². The van der Waals surface area contributed by atoms with Gasteiger partial charge in [0.15, 0.2) is 0 Å². The first-order valence-electron chi connectivity index (χ1n) is 10.6. The Hall–Kier alpha value is -2.53. The summed E-state index contributed by atoms with van der Waals surface area (Å²) < 4.78 is 0.